The van der Waals surface area contributed by atoms with Crippen molar-refractivity contribution in [3.05, 3.63) is 30.3 Å². The van der Waals surface area contributed by atoms with Gasteiger partial charge in [-0.2, -0.15) is 0 Å². The minimum Gasteiger partial charge on any atom is -0.314 e. The zero-order valence-corrected chi connectivity index (χ0v) is 12.5. The van der Waals surface area contributed by atoms with Crippen molar-refractivity contribution in [3.8, 4) is 0 Å². The van der Waals surface area contributed by atoms with Crippen LogP contribution in [0.5, 0.6) is 0 Å². The molecule has 7 heteroatoms. The maximum absolute atomic E-state index is 12.2. The molecule has 0 unspecified atom stereocenters. The lowest BCUT2D eigenvalue weighted by molar-refractivity contribution is -0.143. The smallest absolute Gasteiger partial charge is 0.314 e. The summed E-state index contributed by atoms with van der Waals surface area (Å²) in [5.41, 5.74) is 0.642. The van der Waals surface area contributed by atoms with Crippen LogP contribution in [0.4, 0.5) is 10.5 Å². The summed E-state index contributed by atoms with van der Waals surface area (Å²) in [5.74, 6) is -2.27. The van der Waals surface area contributed by atoms with Gasteiger partial charge >= 0.3 is 17.8 Å². The fourth-order valence-electron chi connectivity index (χ4n) is 2.15. The normalized spacial score (nSPS) is 14.7. The van der Waals surface area contributed by atoms with E-state index in [-0.39, 0.29) is 6.54 Å². The maximum atomic E-state index is 12.2. The van der Waals surface area contributed by atoms with Gasteiger partial charge in [-0.3, -0.25) is 19.3 Å². The third-order valence-electron chi connectivity index (χ3n) is 3.39. The van der Waals surface area contributed by atoms with E-state index < -0.39 is 30.3 Å². The van der Waals surface area contributed by atoms with E-state index >= 15 is 0 Å². The SMILES string of the molecule is CCCN1C(=O)C(=O)N(CC(=O)N(C)c2ccccc2)C1=O. The highest BCUT2D eigenvalue weighted by molar-refractivity contribution is 6.45. The number of imide groups is 2. The van der Waals surface area contributed by atoms with E-state index in [1.165, 1.54) is 4.90 Å². The number of amides is 5. The molecule has 1 aliphatic heterocycles. The zero-order chi connectivity index (χ0) is 16.3. The van der Waals surface area contributed by atoms with E-state index in [4.69, 9.17) is 0 Å². The Labute approximate surface area is 128 Å². The van der Waals surface area contributed by atoms with Crippen LogP contribution in [0.1, 0.15) is 13.3 Å². The Balaban J connectivity index is 2.10. The number of carbonyl (C=O) groups is 4. The van der Waals surface area contributed by atoms with Crippen molar-refractivity contribution in [3.63, 3.8) is 0 Å². The number of nitrogens with zero attached hydrogens (tertiary/aromatic N) is 3. The highest BCUT2D eigenvalue weighted by Crippen LogP contribution is 2.15. The molecule has 0 saturated carbocycles. The van der Waals surface area contributed by atoms with Gasteiger partial charge in [-0.25, -0.2) is 9.69 Å². The lowest BCUT2D eigenvalue weighted by Crippen LogP contribution is -2.42. The second-order valence-corrected chi connectivity index (χ2v) is 4.92. The van der Waals surface area contributed by atoms with Gasteiger partial charge in [0.05, 0.1) is 0 Å². The summed E-state index contributed by atoms with van der Waals surface area (Å²) >= 11 is 0. The second-order valence-electron chi connectivity index (χ2n) is 4.92. The van der Waals surface area contributed by atoms with E-state index in [0.717, 1.165) is 4.90 Å². The van der Waals surface area contributed by atoms with Crippen molar-refractivity contribution in [1.82, 2.24) is 9.80 Å². The predicted octanol–water partition coefficient (Wildman–Crippen LogP) is 0.850. The van der Waals surface area contributed by atoms with Gasteiger partial charge in [-0.05, 0) is 18.6 Å². The summed E-state index contributed by atoms with van der Waals surface area (Å²) in [7, 11) is 1.55. The van der Waals surface area contributed by atoms with Gasteiger partial charge in [-0.1, -0.05) is 25.1 Å². The lowest BCUT2D eigenvalue weighted by atomic mass is 10.3. The molecular formula is C15H17N3O4. The summed E-state index contributed by atoms with van der Waals surface area (Å²) in [5, 5.41) is 0. The van der Waals surface area contributed by atoms with Gasteiger partial charge in [0, 0.05) is 19.3 Å². The molecule has 0 aromatic heterocycles. The van der Waals surface area contributed by atoms with Crippen molar-refractivity contribution in [2.24, 2.45) is 0 Å². The number of para-hydroxylation sites is 1. The fraction of sp³-hybridized carbons (Fsp3) is 0.333. The molecule has 22 heavy (non-hydrogen) atoms. The summed E-state index contributed by atoms with van der Waals surface area (Å²) in [6.07, 6.45) is 0.552. The minimum atomic E-state index is -0.951. The van der Waals surface area contributed by atoms with Crippen LogP contribution < -0.4 is 4.90 Å². The lowest BCUT2D eigenvalue weighted by Gasteiger charge is -2.20. The van der Waals surface area contributed by atoms with Crippen molar-refractivity contribution in [2.75, 3.05) is 25.0 Å². The first kappa shape index (κ1) is 15.7. The number of anilines is 1. The summed E-state index contributed by atoms with van der Waals surface area (Å²) in [6, 6.07) is 8.11. The molecule has 1 aliphatic rings. The first-order chi connectivity index (χ1) is 10.5. The summed E-state index contributed by atoms with van der Waals surface area (Å²) in [4.78, 5) is 50.7. The van der Waals surface area contributed by atoms with Crippen LogP contribution in [-0.2, 0) is 14.4 Å². The summed E-state index contributed by atoms with van der Waals surface area (Å²) < 4.78 is 0. The number of hydrogen-bond acceptors (Lipinski definition) is 4. The predicted molar refractivity (Wildman–Crippen MR) is 79.0 cm³/mol. The van der Waals surface area contributed by atoms with E-state index in [0.29, 0.717) is 17.0 Å². The Morgan fingerprint density at radius 2 is 1.64 bits per heavy atom. The quantitative estimate of drug-likeness (QED) is 0.597. The molecule has 0 aliphatic carbocycles. The average molecular weight is 303 g/mol. The van der Waals surface area contributed by atoms with Crippen LogP contribution in [0.3, 0.4) is 0 Å². The summed E-state index contributed by atoms with van der Waals surface area (Å²) in [6.45, 7) is 1.51. The molecule has 2 rings (SSSR count). The first-order valence-corrected chi connectivity index (χ1v) is 6.96. The molecule has 1 saturated heterocycles. The van der Waals surface area contributed by atoms with Gasteiger partial charge in [-0.15, -0.1) is 0 Å². The molecule has 1 aromatic rings. The van der Waals surface area contributed by atoms with Crippen LogP contribution >= 0.6 is 0 Å². The average Bonchev–Trinajstić information content (AvgIpc) is 2.73. The Morgan fingerprint density at radius 3 is 2.23 bits per heavy atom. The molecule has 0 atom stereocenters. The topological polar surface area (TPSA) is 78.0 Å². The molecule has 7 nitrogen and oxygen atoms in total. The van der Waals surface area contributed by atoms with Gasteiger partial charge in [0.25, 0.3) is 0 Å². The van der Waals surface area contributed by atoms with Gasteiger partial charge in [0.2, 0.25) is 5.91 Å². The zero-order valence-electron chi connectivity index (χ0n) is 12.5. The molecule has 1 fully saturated rings. The first-order valence-electron chi connectivity index (χ1n) is 6.96. The monoisotopic (exact) mass is 303 g/mol. The number of benzene rings is 1. The molecule has 5 amide bonds. The molecule has 0 radical (unpaired) electrons. The van der Waals surface area contributed by atoms with Crippen LogP contribution in [0.2, 0.25) is 0 Å². The standard InChI is InChI=1S/C15H17N3O4/c1-3-9-17-13(20)14(21)18(15(17)22)10-12(19)16(2)11-7-5-4-6-8-11/h4-8H,3,9-10H2,1-2H3. The highest BCUT2D eigenvalue weighted by Gasteiger charge is 2.44. The van der Waals surface area contributed by atoms with E-state index in [1.54, 1.807) is 38.2 Å². The minimum absolute atomic E-state index is 0.169. The number of likely N-dealkylation sites (N-methyl/N-ethyl adjacent to an activating group) is 1. The fourth-order valence-corrected chi connectivity index (χ4v) is 2.15. The number of carbonyl (C=O) groups excluding carboxylic acids is 4. The second kappa shape index (κ2) is 6.38. The largest absolute Gasteiger partial charge is 0.334 e. The third-order valence-corrected chi connectivity index (χ3v) is 3.39. The number of urea groups is 1. The van der Waals surface area contributed by atoms with Gasteiger partial charge in [0.1, 0.15) is 6.54 Å². The van der Waals surface area contributed by atoms with Crippen LogP contribution in [0, 0.1) is 0 Å². The third kappa shape index (κ3) is 2.83. The van der Waals surface area contributed by atoms with Gasteiger partial charge in [0.15, 0.2) is 0 Å². The van der Waals surface area contributed by atoms with Crippen molar-refractivity contribution < 1.29 is 19.2 Å². The van der Waals surface area contributed by atoms with Crippen LogP contribution in [0.25, 0.3) is 0 Å². The van der Waals surface area contributed by atoms with E-state index in [9.17, 15) is 19.2 Å². The van der Waals surface area contributed by atoms with Crippen molar-refractivity contribution in [1.29, 1.82) is 0 Å². The number of rotatable bonds is 5. The molecular weight excluding hydrogens is 286 g/mol. The molecule has 0 bridgehead atoms. The molecule has 0 spiro atoms. The van der Waals surface area contributed by atoms with Crippen molar-refractivity contribution in [2.45, 2.75) is 13.3 Å². The molecule has 0 N–H and O–H groups in total. The Morgan fingerprint density at radius 1 is 1.05 bits per heavy atom. The van der Waals surface area contributed by atoms with E-state index in [2.05, 4.69) is 0 Å². The Bertz CT molecular complexity index is 614. The molecule has 1 heterocycles. The van der Waals surface area contributed by atoms with Gasteiger partial charge < -0.3 is 4.90 Å². The van der Waals surface area contributed by atoms with Crippen molar-refractivity contribution >= 4 is 29.4 Å². The number of hydrogen-bond donors (Lipinski definition) is 0. The van der Waals surface area contributed by atoms with Crippen LogP contribution in [0.15, 0.2) is 30.3 Å². The maximum Gasteiger partial charge on any atom is 0.334 e. The van der Waals surface area contributed by atoms with Crippen LogP contribution in [-0.4, -0.2) is 53.7 Å². The molecule has 1 aromatic carbocycles. The highest BCUT2D eigenvalue weighted by atomic mass is 16.2. The van der Waals surface area contributed by atoms with E-state index in [1.807, 2.05) is 6.07 Å². The Kier molecular flexibility index (Phi) is 4.55. The molecule has 116 valence electrons. The Hall–Kier alpha value is -2.70.